The van der Waals surface area contributed by atoms with Crippen molar-refractivity contribution in [2.45, 2.75) is 25.0 Å². The molecule has 2 aromatic carbocycles. The van der Waals surface area contributed by atoms with Crippen LogP contribution in [-0.4, -0.2) is 32.3 Å². The van der Waals surface area contributed by atoms with Gasteiger partial charge in [0.25, 0.3) is 0 Å². The fourth-order valence-electron chi connectivity index (χ4n) is 4.10. The minimum absolute atomic E-state index is 0.212. The van der Waals surface area contributed by atoms with E-state index >= 15 is 0 Å². The van der Waals surface area contributed by atoms with Gasteiger partial charge in [-0.2, -0.15) is 0 Å². The fourth-order valence-corrected chi connectivity index (χ4v) is 4.27. The largest absolute Gasteiger partial charge is 0.433 e. The van der Waals surface area contributed by atoms with Gasteiger partial charge in [-0.25, -0.2) is 0 Å². The third-order valence-corrected chi connectivity index (χ3v) is 5.92. The minimum atomic E-state index is -0.850. The van der Waals surface area contributed by atoms with Crippen molar-refractivity contribution in [3.63, 3.8) is 0 Å². The van der Waals surface area contributed by atoms with Gasteiger partial charge in [0.2, 0.25) is 5.72 Å². The maximum atomic E-state index is 12.2. The number of hydrogen-bond donors (Lipinski definition) is 0. The van der Waals surface area contributed by atoms with E-state index < -0.39 is 11.1 Å². The molecule has 5 heteroatoms. The minimum Gasteiger partial charge on any atom is -0.433 e. The Bertz CT molecular complexity index is 934. The van der Waals surface area contributed by atoms with Crippen molar-refractivity contribution >= 4 is 35.0 Å². The molecule has 0 N–H and O–H groups in total. The highest BCUT2D eigenvalue weighted by atomic mass is 35.5. The predicted octanol–water partition coefficient (Wildman–Crippen LogP) is 4.47. The summed E-state index contributed by atoms with van der Waals surface area (Å²) in [4.78, 5) is 16.3. The molecule has 4 rings (SSSR count). The second kappa shape index (κ2) is 6.03. The molecule has 0 saturated carbocycles. The molecule has 27 heavy (non-hydrogen) atoms. The van der Waals surface area contributed by atoms with E-state index in [2.05, 4.69) is 43.0 Å². The number of benzene rings is 2. The van der Waals surface area contributed by atoms with Crippen LogP contribution in [0.1, 0.15) is 25.0 Å². The molecule has 1 atom stereocenters. The lowest BCUT2D eigenvalue weighted by atomic mass is 9.77. The van der Waals surface area contributed by atoms with Crippen LogP contribution in [-0.2, 0) is 14.9 Å². The molecule has 4 nitrogen and oxygen atoms in total. The molecule has 0 spiro atoms. The third kappa shape index (κ3) is 2.62. The van der Waals surface area contributed by atoms with Crippen molar-refractivity contribution in [3.05, 3.63) is 64.7 Å². The average Bonchev–Trinajstić information content (AvgIpc) is 3.05. The lowest BCUT2D eigenvalue weighted by Crippen LogP contribution is -2.51. The van der Waals surface area contributed by atoms with Crippen LogP contribution < -0.4 is 9.80 Å². The SMILES string of the molecule is CN(C)c1ccc(/C=C/C23OC(=O)CN2c2ccc(Cl)cc2C3(C)C)cc1. The Kier molecular flexibility index (Phi) is 4.00. The van der Waals surface area contributed by atoms with Crippen LogP contribution in [0.3, 0.4) is 0 Å². The number of halogens is 1. The molecule has 0 aromatic heterocycles. The van der Waals surface area contributed by atoms with E-state index in [0.717, 1.165) is 22.5 Å². The maximum Gasteiger partial charge on any atom is 0.328 e. The summed E-state index contributed by atoms with van der Waals surface area (Å²) in [6.45, 7) is 4.43. The Morgan fingerprint density at radius 3 is 2.52 bits per heavy atom. The lowest BCUT2D eigenvalue weighted by molar-refractivity contribution is -0.147. The van der Waals surface area contributed by atoms with Crippen LogP contribution >= 0.6 is 11.6 Å². The number of anilines is 2. The van der Waals surface area contributed by atoms with Crippen LogP contribution in [0.25, 0.3) is 6.08 Å². The van der Waals surface area contributed by atoms with Crippen molar-refractivity contribution in [1.82, 2.24) is 0 Å². The summed E-state index contributed by atoms with van der Waals surface area (Å²) in [7, 11) is 4.03. The molecule has 1 unspecified atom stereocenters. The number of ether oxygens (including phenoxy) is 1. The molecule has 0 aliphatic carbocycles. The van der Waals surface area contributed by atoms with Crippen molar-refractivity contribution in [1.29, 1.82) is 0 Å². The van der Waals surface area contributed by atoms with Gasteiger partial charge in [-0.05, 0) is 61.4 Å². The molecule has 1 saturated heterocycles. The van der Waals surface area contributed by atoms with Gasteiger partial charge in [-0.15, -0.1) is 0 Å². The Morgan fingerprint density at radius 1 is 1.15 bits per heavy atom. The lowest BCUT2D eigenvalue weighted by Gasteiger charge is -2.38. The maximum absolute atomic E-state index is 12.2. The zero-order chi connectivity index (χ0) is 19.4. The first kappa shape index (κ1) is 17.9. The Labute approximate surface area is 165 Å². The van der Waals surface area contributed by atoms with E-state index in [1.807, 2.05) is 49.3 Å². The second-order valence-corrected chi connectivity index (χ2v) is 8.30. The van der Waals surface area contributed by atoms with Crippen LogP contribution in [0.5, 0.6) is 0 Å². The standard InChI is InChI=1S/C22H23ClN2O2/c1-21(2)18-13-16(23)7-10-19(18)25-14-20(26)27-22(21,25)12-11-15-5-8-17(9-6-15)24(3)4/h5-13H,14H2,1-4H3/b12-11+. The van der Waals surface area contributed by atoms with Gasteiger partial charge < -0.3 is 14.5 Å². The van der Waals surface area contributed by atoms with Gasteiger partial charge in [0.1, 0.15) is 6.54 Å². The van der Waals surface area contributed by atoms with E-state index in [1.54, 1.807) is 0 Å². The van der Waals surface area contributed by atoms with Crippen LogP contribution in [0.15, 0.2) is 48.5 Å². The predicted molar refractivity (Wildman–Crippen MR) is 110 cm³/mol. The summed E-state index contributed by atoms with van der Waals surface area (Å²) in [6.07, 6.45) is 4.04. The molecule has 0 amide bonds. The van der Waals surface area contributed by atoms with Crippen molar-refractivity contribution < 1.29 is 9.53 Å². The number of carbonyl (C=O) groups excluding carboxylic acids is 1. The first-order valence-electron chi connectivity index (χ1n) is 9.01. The molecule has 0 radical (unpaired) electrons. The van der Waals surface area contributed by atoms with E-state index in [0.29, 0.717) is 5.02 Å². The van der Waals surface area contributed by atoms with Gasteiger partial charge in [-0.1, -0.05) is 29.8 Å². The second-order valence-electron chi connectivity index (χ2n) is 7.86. The molecule has 0 bridgehead atoms. The molecule has 2 aliphatic rings. The van der Waals surface area contributed by atoms with Crippen molar-refractivity contribution in [3.8, 4) is 0 Å². The van der Waals surface area contributed by atoms with Crippen LogP contribution in [0.2, 0.25) is 5.02 Å². The monoisotopic (exact) mass is 382 g/mol. The summed E-state index contributed by atoms with van der Waals surface area (Å²) in [5, 5.41) is 0.688. The zero-order valence-electron chi connectivity index (χ0n) is 16.0. The van der Waals surface area contributed by atoms with Gasteiger partial charge in [0.15, 0.2) is 0 Å². The Hall–Kier alpha value is -2.46. The highest BCUT2D eigenvalue weighted by Crippen LogP contribution is 2.55. The topological polar surface area (TPSA) is 32.8 Å². The Balaban J connectivity index is 1.76. The van der Waals surface area contributed by atoms with E-state index in [-0.39, 0.29) is 12.5 Å². The summed E-state index contributed by atoms with van der Waals surface area (Å²) < 4.78 is 5.94. The number of fused-ring (bicyclic) bond motifs is 3. The number of nitrogens with zero attached hydrogens (tertiary/aromatic N) is 2. The molecule has 2 aliphatic heterocycles. The quantitative estimate of drug-likeness (QED) is 0.733. The third-order valence-electron chi connectivity index (χ3n) is 5.69. The molecule has 140 valence electrons. The highest BCUT2D eigenvalue weighted by Gasteiger charge is 2.62. The van der Waals surface area contributed by atoms with Gasteiger partial charge >= 0.3 is 5.97 Å². The molecule has 1 fully saturated rings. The summed E-state index contributed by atoms with van der Waals surface area (Å²) >= 11 is 6.25. The molecule has 2 heterocycles. The first-order chi connectivity index (χ1) is 12.7. The highest BCUT2D eigenvalue weighted by molar-refractivity contribution is 6.30. The van der Waals surface area contributed by atoms with Crippen LogP contribution in [0.4, 0.5) is 11.4 Å². The van der Waals surface area contributed by atoms with Crippen LogP contribution in [0, 0.1) is 0 Å². The zero-order valence-corrected chi connectivity index (χ0v) is 16.7. The number of rotatable bonds is 3. The van der Waals surface area contributed by atoms with E-state index in [9.17, 15) is 4.79 Å². The summed E-state index contributed by atoms with van der Waals surface area (Å²) in [6, 6.07) is 14.1. The summed E-state index contributed by atoms with van der Waals surface area (Å²) in [5.74, 6) is -0.212. The van der Waals surface area contributed by atoms with Crippen molar-refractivity contribution in [2.24, 2.45) is 0 Å². The van der Waals surface area contributed by atoms with Gasteiger partial charge in [0, 0.05) is 30.5 Å². The van der Waals surface area contributed by atoms with Gasteiger partial charge in [-0.3, -0.25) is 4.79 Å². The smallest absolute Gasteiger partial charge is 0.328 e. The average molecular weight is 383 g/mol. The first-order valence-corrected chi connectivity index (χ1v) is 9.38. The normalized spacial score (nSPS) is 22.7. The summed E-state index contributed by atoms with van der Waals surface area (Å²) in [5.41, 5.74) is 3.01. The molecule has 2 aromatic rings. The number of carbonyl (C=O) groups is 1. The van der Waals surface area contributed by atoms with E-state index in [1.165, 1.54) is 0 Å². The molecular formula is C22H23ClN2O2. The fraction of sp³-hybridized carbons (Fsp3) is 0.318. The number of hydrogen-bond acceptors (Lipinski definition) is 4. The number of esters is 1. The van der Waals surface area contributed by atoms with E-state index in [4.69, 9.17) is 16.3 Å². The Morgan fingerprint density at radius 2 is 1.85 bits per heavy atom. The van der Waals surface area contributed by atoms with Gasteiger partial charge in [0.05, 0.1) is 5.41 Å². The molecular weight excluding hydrogens is 360 g/mol. The van der Waals surface area contributed by atoms with Crippen molar-refractivity contribution in [2.75, 3.05) is 30.4 Å².